The zero-order chi connectivity index (χ0) is 12.3. The van der Waals surface area contributed by atoms with E-state index in [1.165, 1.54) is 0 Å². The molecule has 1 heterocycles. The molecule has 1 aromatic carbocycles. The van der Waals surface area contributed by atoms with E-state index in [1.54, 1.807) is 4.68 Å². The predicted molar refractivity (Wildman–Crippen MR) is 66.4 cm³/mol. The SMILES string of the molecule is Cc1ccn(CC(N)(CO)c2ccccc2)n1. The smallest absolute Gasteiger partial charge is 0.0842 e. The predicted octanol–water partition coefficient (Wildman–Crippen LogP) is 1.04. The van der Waals surface area contributed by atoms with E-state index >= 15 is 0 Å². The maximum Gasteiger partial charge on any atom is 0.0842 e. The average Bonchev–Trinajstić information content (AvgIpc) is 2.75. The third kappa shape index (κ3) is 2.54. The third-order valence-corrected chi connectivity index (χ3v) is 2.85. The number of nitrogens with zero attached hydrogens (tertiary/aromatic N) is 2. The fraction of sp³-hybridized carbons (Fsp3) is 0.308. The molecular weight excluding hydrogens is 214 g/mol. The van der Waals surface area contributed by atoms with E-state index in [1.807, 2.05) is 49.5 Å². The number of hydrogen-bond donors (Lipinski definition) is 2. The molecule has 0 spiro atoms. The molecule has 4 heteroatoms. The standard InChI is InChI=1S/C13H17N3O/c1-11-7-8-16(15-11)9-13(14,10-17)12-5-3-2-4-6-12/h2-8,17H,9-10,14H2,1H3. The Morgan fingerprint density at radius 3 is 2.53 bits per heavy atom. The molecule has 2 aromatic rings. The average molecular weight is 231 g/mol. The molecule has 1 unspecified atom stereocenters. The molecule has 0 aliphatic carbocycles. The van der Waals surface area contributed by atoms with Crippen LogP contribution in [0.1, 0.15) is 11.3 Å². The van der Waals surface area contributed by atoms with Crippen LogP contribution >= 0.6 is 0 Å². The Morgan fingerprint density at radius 2 is 2.00 bits per heavy atom. The van der Waals surface area contributed by atoms with Gasteiger partial charge in [-0.05, 0) is 18.6 Å². The van der Waals surface area contributed by atoms with E-state index in [-0.39, 0.29) is 6.61 Å². The van der Waals surface area contributed by atoms with Crippen molar-refractivity contribution >= 4 is 0 Å². The van der Waals surface area contributed by atoms with Crippen LogP contribution in [-0.2, 0) is 12.1 Å². The van der Waals surface area contributed by atoms with Gasteiger partial charge in [0.25, 0.3) is 0 Å². The summed E-state index contributed by atoms with van der Waals surface area (Å²) in [6.07, 6.45) is 1.87. The zero-order valence-corrected chi connectivity index (χ0v) is 9.87. The molecule has 17 heavy (non-hydrogen) atoms. The van der Waals surface area contributed by atoms with Gasteiger partial charge < -0.3 is 10.8 Å². The Hall–Kier alpha value is -1.65. The third-order valence-electron chi connectivity index (χ3n) is 2.85. The van der Waals surface area contributed by atoms with Crippen LogP contribution in [-0.4, -0.2) is 21.5 Å². The Bertz CT molecular complexity index is 480. The summed E-state index contributed by atoms with van der Waals surface area (Å²) in [6.45, 7) is 2.27. The molecule has 1 aromatic heterocycles. The summed E-state index contributed by atoms with van der Waals surface area (Å²) in [5.41, 5.74) is 7.31. The first-order valence-corrected chi connectivity index (χ1v) is 5.59. The number of rotatable bonds is 4. The first kappa shape index (κ1) is 11.8. The monoisotopic (exact) mass is 231 g/mol. The second-order valence-electron chi connectivity index (χ2n) is 4.33. The van der Waals surface area contributed by atoms with Gasteiger partial charge >= 0.3 is 0 Å². The van der Waals surface area contributed by atoms with Crippen molar-refractivity contribution in [3.8, 4) is 0 Å². The molecule has 3 N–H and O–H groups in total. The van der Waals surface area contributed by atoms with Gasteiger partial charge in [0.2, 0.25) is 0 Å². The second kappa shape index (κ2) is 4.69. The van der Waals surface area contributed by atoms with E-state index in [0.29, 0.717) is 6.54 Å². The maximum atomic E-state index is 9.54. The number of aromatic nitrogens is 2. The van der Waals surface area contributed by atoms with Crippen molar-refractivity contribution in [3.05, 3.63) is 53.9 Å². The summed E-state index contributed by atoms with van der Waals surface area (Å²) < 4.78 is 1.76. The topological polar surface area (TPSA) is 64.1 Å². The highest BCUT2D eigenvalue weighted by molar-refractivity contribution is 5.24. The lowest BCUT2D eigenvalue weighted by Gasteiger charge is -2.27. The molecule has 0 aliphatic rings. The minimum Gasteiger partial charge on any atom is -0.394 e. The molecule has 0 saturated heterocycles. The molecule has 90 valence electrons. The van der Waals surface area contributed by atoms with E-state index in [4.69, 9.17) is 5.73 Å². The summed E-state index contributed by atoms with van der Waals surface area (Å²) in [6, 6.07) is 11.5. The van der Waals surface area contributed by atoms with Crippen molar-refractivity contribution < 1.29 is 5.11 Å². The van der Waals surface area contributed by atoms with E-state index in [2.05, 4.69) is 5.10 Å². The van der Waals surface area contributed by atoms with Crippen molar-refractivity contribution in [2.24, 2.45) is 5.73 Å². The summed E-state index contributed by atoms with van der Waals surface area (Å²) >= 11 is 0. The van der Waals surface area contributed by atoms with Crippen LogP contribution in [0, 0.1) is 6.92 Å². The molecule has 0 aliphatic heterocycles. The second-order valence-corrected chi connectivity index (χ2v) is 4.33. The lowest BCUT2D eigenvalue weighted by Crippen LogP contribution is -2.44. The van der Waals surface area contributed by atoms with Gasteiger partial charge in [0.15, 0.2) is 0 Å². The van der Waals surface area contributed by atoms with Gasteiger partial charge in [0.05, 0.1) is 24.4 Å². The normalized spacial score (nSPS) is 14.5. The Kier molecular flexibility index (Phi) is 3.26. The van der Waals surface area contributed by atoms with Crippen LogP contribution < -0.4 is 5.73 Å². The van der Waals surface area contributed by atoms with Crippen molar-refractivity contribution in [2.75, 3.05) is 6.61 Å². The molecule has 0 bridgehead atoms. The minimum absolute atomic E-state index is 0.115. The first-order valence-electron chi connectivity index (χ1n) is 5.59. The van der Waals surface area contributed by atoms with Gasteiger partial charge in [-0.2, -0.15) is 5.10 Å². The summed E-state index contributed by atoms with van der Waals surface area (Å²) in [5, 5.41) is 13.8. The van der Waals surface area contributed by atoms with Crippen LogP contribution in [0.25, 0.3) is 0 Å². The fourth-order valence-electron chi connectivity index (χ4n) is 1.84. The van der Waals surface area contributed by atoms with Crippen LogP contribution in [0.5, 0.6) is 0 Å². The lowest BCUT2D eigenvalue weighted by molar-refractivity contribution is 0.174. The van der Waals surface area contributed by atoms with Gasteiger partial charge in [-0.15, -0.1) is 0 Å². The highest BCUT2D eigenvalue weighted by Crippen LogP contribution is 2.19. The molecule has 4 nitrogen and oxygen atoms in total. The highest BCUT2D eigenvalue weighted by atomic mass is 16.3. The highest BCUT2D eigenvalue weighted by Gasteiger charge is 2.27. The zero-order valence-electron chi connectivity index (χ0n) is 9.87. The van der Waals surface area contributed by atoms with Crippen molar-refractivity contribution in [2.45, 2.75) is 19.0 Å². The summed E-state index contributed by atoms with van der Waals surface area (Å²) in [5.74, 6) is 0. The summed E-state index contributed by atoms with van der Waals surface area (Å²) in [7, 11) is 0. The fourth-order valence-corrected chi connectivity index (χ4v) is 1.84. The maximum absolute atomic E-state index is 9.54. The molecule has 0 amide bonds. The van der Waals surface area contributed by atoms with Crippen molar-refractivity contribution in [1.29, 1.82) is 0 Å². The Labute approximate surface area is 101 Å². The molecule has 0 saturated carbocycles. The van der Waals surface area contributed by atoms with Gasteiger partial charge in [-0.3, -0.25) is 4.68 Å². The Morgan fingerprint density at radius 1 is 1.29 bits per heavy atom. The van der Waals surface area contributed by atoms with Gasteiger partial charge in [-0.25, -0.2) is 0 Å². The van der Waals surface area contributed by atoms with Crippen LogP contribution in [0.4, 0.5) is 0 Å². The quantitative estimate of drug-likeness (QED) is 0.826. The molecule has 1 atom stereocenters. The molecule has 0 fully saturated rings. The molecular formula is C13H17N3O. The van der Waals surface area contributed by atoms with Crippen LogP contribution in [0.3, 0.4) is 0 Å². The van der Waals surface area contributed by atoms with E-state index in [0.717, 1.165) is 11.3 Å². The van der Waals surface area contributed by atoms with E-state index < -0.39 is 5.54 Å². The van der Waals surface area contributed by atoms with Crippen LogP contribution in [0.2, 0.25) is 0 Å². The largest absolute Gasteiger partial charge is 0.394 e. The number of nitrogens with two attached hydrogens (primary N) is 1. The van der Waals surface area contributed by atoms with Gasteiger partial charge in [-0.1, -0.05) is 30.3 Å². The van der Waals surface area contributed by atoms with E-state index in [9.17, 15) is 5.11 Å². The first-order chi connectivity index (χ1) is 8.14. The van der Waals surface area contributed by atoms with Crippen LogP contribution in [0.15, 0.2) is 42.6 Å². The number of hydrogen-bond acceptors (Lipinski definition) is 3. The summed E-state index contributed by atoms with van der Waals surface area (Å²) in [4.78, 5) is 0. The number of aliphatic hydroxyl groups excluding tert-OH is 1. The van der Waals surface area contributed by atoms with Gasteiger partial charge in [0.1, 0.15) is 0 Å². The number of benzene rings is 1. The molecule has 2 rings (SSSR count). The minimum atomic E-state index is -0.792. The molecule has 0 radical (unpaired) electrons. The number of aryl methyl sites for hydroxylation is 1. The Balaban J connectivity index is 2.26. The lowest BCUT2D eigenvalue weighted by atomic mass is 9.92. The van der Waals surface area contributed by atoms with Gasteiger partial charge in [0, 0.05) is 6.20 Å². The van der Waals surface area contributed by atoms with Crippen molar-refractivity contribution in [1.82, 2.24) is 9.78 Å². The van der Waals surface area contributed by atoms with Crippen molar-refractivity contribution in [3.63, 3.8) is 0 Å². The number of aliphatic hydroxyl groups is 1.